The summed E-state index contributed by atoms with van der Waals surface area (Å²) in [7, 11) is -2.91. The molecule has 0 aliphatic rings. The lowest BCUT2D eigenvalue weighted by Crippen LogP contribution is -2.40. The van der Waals surface area contributed by atoms with Crippen molar-refractivity contribution in [2.24, 2.45) is 0 Å². The number of benzene rings is 2. The minimum absolute atomic E-state index is 0.0431. The van der Waals surface area contributed by atoms with E-state index in [-0.39, 0.29) is 16.3 Å². The van der Waals surface area contributed by atoms with Gasteiger partial charge in [-0.15, -0.1) is 4.83 Å². The summed E-state index contributed by atoms with van der Waals surface area (Å²) in [6, 6.07) is 7.36. The highest BCUT2D eigenvalue weighted by atomic mass is 32.2. The second kappa shape index (κ2) is 8.59. The van der Waals surface area contributed by atoms with Gasteiger partial charge in [-0.05, 0) is 36.8 Å². The van der Waals surface area contributed by atoms with E-state index in [9.17, 15) is 27.7 Å². The number of sulfonamides is 1. The summed E-state index contributed by atoms with van der Waals surface area (Å²) < 4.78 is 42.7. The van der Waals surface area contributed by atoms with Crippen molar-refractivity contribution >= 4 is 27.7 Å². The summed E-state index contributed by atoms with van der Waals surface area (Å²) in [4.78, 5) is 23.5. The highest BCUT2D eigenvalue weighted by molar-refractivity contribution is 7.89. The van der Waals surface area contributed by atoms with Gasteiger partial charge >= 0.3 is 0 Å². The number of carbonyl (C=O) groups is 1. The number of nitro groups is 1. The molecule has 2 aromatic carbocycles. The van der Waals surface area contributed by atoms with E-state index in [1.807, 2.05) is 10.3 Å². The fourth-order valence-corrected chi connectivity index (χ4v) is 3.00. The smallest absolute Gasteiger partial charge is 0.273 e. The van der Waals surface area contributed by atoms with Gasteiger partial charge in [0.1, 0.15) is 0 Å². The normalized spacial score (nSPS) is 11.4. The number of nitrogens with zero attached hydrogens (tertiary/aromatic N) is 1. The van der Waals surface area contributed by atoms with Gasteiger partial charge in [0.2, 0.25) is 0 Å². The summed E-state index contributed by atoms with van der Waals surface area (Å²) >= 11 is 0. The topological polar surface area (TPSA) is 128 Å². The van der Waals surface area contributed by atoms with Crippen LogP contribution in [0.4, 0.5) is 10.1 Å². The Labute approximate surface area is 160 Å². The molecule has 148 valence electrons. The highest BCUT2D eigenvalue weighted by Crippen LogP contribution is 2.22. The minimum Gasteiger partial charge on any atom is -0.494 e. The fraction of sp³-hybridized carbons (Fsp3) is 0.118. The number of rotatable bonds is 7. The molecule has 0 spiro atoms. The molecule has 0 saturated heterocycles. The maximum absolute atomic E-state index is 13.6. The molecule has 0 radical (unpaired) electrons. The number of halogens is 1. The number of nitro benzene ring substituents is 1. The van der Waals surface area contributed by atoms with Gasteiger partial charge in [0.25, 0.3) is 21.6 Å². The third-order valence-corrected chi connectivity index (χ3v) is 4.84. The lowest BCUT2D eigenvalue weighted by atomic mass is 10.2. The number of methoxy groups -OCH3 is 1. The van der Waals surface area contributed by atoms with Crippen molar-refractivity contribution in [3.8, 4) is 5.75 Å². The SMILES string of the molecule is COc1ccc(/C=C/C(=O)NNS(=O)(=O)c2ccc(C)c([N+](=O)[O-])c2)cc1F. The van der Waals surface area contributed by atoms with Crippen LogP contribution in [0.3, 0.4) is 0 Å². The number of ether oxygens (including phenoxy) is 1. The number of amides is 1. The van der Waals surface area contributed by atoms with Crippen LogP contribution in [0.2, 0.25) is 0 Å². The predicted octanol–water partition coefficient (Wildman–Crippen LogP) is 2.07. The van der Waals surface area contributed by atoms with Crippen molar-refractivity contribution in [3.63, 3.8) is 0 Å². The van der Waals surface area contributed by atoms with Crippen molar-refractivity contribution in [1.82, 2.24) is 10.3 Å². The van der Waals surface area contributed by atoms with Gasteiger partial charge in [0.15, 0.2) is 11.6 Å². The minimum atomic E-state index is -4.22. The van der Waals surface area contributed by atoms with E-state index in [0.717, 1.165) is 18.2 Å². The average Bonchev–Trinajstić information content (AvgIpc) is 2.64. The number of hydrogen-bond acceptors (Lipinski definition) is 6. The molecule has 2 N–H and O–H groups in total. The van der Waals surface area contributed by atoms with Crippen LogP contribution in [0.1, 0.15) is 11.1 Å². The van der Waals surface area contributed by atoms with E-state index in [1.165, 1.54) is 44.4 Å². The Morgan fingerprint density at radius 3 is 2.57 bits per heavy atom. The zero-order valence-electron chi connectivity index (χ0n) is 14.8. The molecular formula is C17H16FN3O6S. The Morgan fingerprint density at radius 2 is 1.96 bits per heavy atom. The molecule has 0 aliphatic heterocycles. The van der Waals surface area contributed by atoms with Crippen LogP contribution in [0.25, 0.3) is 6.08 Å². The Balaban J connectivity index is 2.06. The van der Waals surface area contributed by atoms with E-state index in [4.69, 9.17) is 4.74 Å². The maximum Gasteiger partial charge on any atom is 0.273 e. The molecule has 0 atom stereocenters. The number of hydrazine groups is 1. The Morgan fingerprint density at radius 1 is 1.25 bits per heavy atom. The summed E-state index contributed by atoms with van der Waals surface area (Å²) in [5.41, 5.74) is 2.22. The Bertz CT molecular complexity index is 1050. The summed E-state index contributed by atoms with van der Waals surface area (Å²) in [6.07, 6.45) is 2.25. The maximum atomic E-state index is 13.6. The standard InChI is InChI=1S/C17H16FN3O6S/c1-11-3-6-13(10-15(11)21(23)24)28(25,26)20-19-17(22)8-5-12-4-7-16(27-2)14(18)9-12/h3-10,20H,1-2H3,(H,19,22)/b8-5+. The molecular weight excluding hydrogens is 393 g/mol. The van der Waals surface area contributed by atoms with Gasteiger partial charge in [0.05, 0.1) is 16.9 Å². The van der Waals surface area contributed by atoms with Crippen LogP contribution in [0, 0.1) is 22.9 Å². The molecule has 0 bridgehead atoms. The van der Waals surface area contributed by atoms with Crippen LogP contribution >= 0.6 is 0 Å². The monoisotopic (exact) mass is 409 g/mol. The third kappa shape index (κ3) is 5.11. The van der Waals surface area contributed by atoms with Crippen molar-refractivity contribution in [3.05, 3.63) is 69.5 Å². The molecule has 0 heterocycles. The van der Waals surface area contributed by atoms with Crippen molar-refractivity contribution in [2.75, 3.05) is 7.11 Å². The molecule has 0 fully saturated rings. The van der Waals surface area contributed by atoms with E-state index in [1.54, 1.807) is 0 Å². The molecule has 0 aromatic heterocycles. The van der Waals surface area contributed by atoms with E-state index in [0.29, 0.717) is 11.1 Å². The van der Waals surface area contributed by atoms with Crippen LogP contribution in [-0.4, -0.2) is 26.4 Å². The molecule has 1 amide bonds. The molecule has 9 nitrogen and oxygen atoms in total. The van der Waals surface area contributed by atoms with Crippen LogP contribution < -0.4 is 15.0 Å². The first-order valence-electron chi connectivity index (χ1n) is 7.72. The molecule has 0 aliphatic carbocycles. The zero-order chi connectivity index (χ0) is 20.9. The van der Waals surface area contributed by atoms with Crippen LogP contribution in [-0.2, 0) is 14.8 Å². The van der Waals surface area contributed by atoms with Gasteiger partial charge in [-0.1, -0.05) is 12.1 Å². The Hall–Kier alpha value is -3.31. The van der Waals surface area contributed by atoms with Crippen LogP contribution in [0.5, 0.6) is 5.75 Å². The summed E-state index contributed by atoms with van der Waals surface area (Å²) in [6.45, 7) is 1.47. The average molecular weight is 409 g/mol. The quantitative estimate of drug-likeness (QED) is 0.409. The van der Waals surface area contributed by atoms with Gasteiger partial charge in [-0.2, -0.15) is 0 Å². The van der Waals surface area contributed by atoms with Gasteiger partial charge in [-0.25, -0.2) is 12.8 Å². The summed E-state index contributed by atoms with van der Waals surface area (Å²) in [5, 5.41) is 10.9. The first-order chi connectivity index (χ1) is 13.1. The predicted molar refractivity (Wildman–Crippen MR) is 98.3 cm³/mol. The van der Waals surface area contributed by atoms with E-state index in [2.05, 4.69) is 0 Å². The number of aryl methyl sites for hydroxylation is 1. The lowest BCUT2D eigenvalue weighted by molar-refractivity contribution is -0.385. The fourth-order valence-electron chi connectivity index (χ4n) is 2.13. The molecule has 28 heavy (non-hydrogen) atoms. The third-order valence-electron chi connectivity index (χ3n) is 3.60. The first kappa shape index (κ1) is 21.0. The van der Waals surface area contributed by atoms with Gasteiger partial charge in [0, 0.05) is 17.7 Å². The van der Waals surface area contributed by atoms with Crippen LogP contribution in [0.15, 0.2) is 47.4 Å². The van der Waals surface area contributed by atoms with Gasteiger partial charge < -0.3 is 4.74 Å². The molecule has 0 unspecified atom stereocenters. The second-order valence-corrected chi connectivity index (χ2v) is 7.21. The molecule has 2 rings (SSSR count). The zero-order valence-corrected chi connectivity index (χ0v) is 15.6. The van der Waals surface area contributed by atoms with Crippen molar-refractivity contribution < 1.29 is 27.3 Å². The molecule has 0 saturated carbocycles. The molecule has 2 aromatic rings. The van der Waals surface area contributed by atoms with Crippen molar-refractivity contribution in [2.45, 2.75) is 11.8 Å². The van der Waals surface area contributed by atoms with Gasteiger partial charge in [-0.3, -0.25) is 20.3 Å². The lowest BCUT2D eigenvalue weighted by Gasteiger charge is -2.07. The molecule has 11 heteroatoms. The van der Waals surface area contributed by atoms with E-state index >= 15 is 0 Å². The largest absolute Gasteiger partial charge is 0.494 e. The number of nitrogens with one attached hydrogen (secondary N) is 2. The number of carbonyl (C=O) groups excluding carboxylic acids is 1. The highest BCUT2D eigenvalue weighted by Gasteiger charge is 2.20. The second-order valence-electron chi connectivity index (χ2n) is 5.53. The van der Waals surface area contributed by atoms with Crippen molar-refractivity contribution in [1.29, 1.82) is 0 Å². The van der Waals surface area contributed by atoms with E-state index < -0.39 is 26.7 Å². The summed E-state index contributed by atoms with van der Waals surface area (Å²) in [5.74, 6) is -1.41. The first-order valence-corrected chi connectivity index (χ1v) is 9.21. The number of hydrogen-bond donors (Lipinski definition) is 2. The Kier molecular flexibility index (Phi) is 6.44.